The van der Waals surface area contributed by atoms with Crippen LogP contribution in [-0.4, -0.2) is 28.0 Å². The third-order valence-electron chi connectivity index (χ3n) is 4.95. The van der Waals surface area contributed by atoms with Crippen LogP contribution in [0.2, 0.25) is 5.02 Å². The van der Waals surface area contributed by atoms with Crippen LogP contribution in [0.5, 0.6) is 5.75 Å². The molecule has 1 atom stereocenters. The van der Waals surface area contributed by atoms with Crippen molar-refractivity contribution >= 4 is 23.2 Å². The fraction of sp³-hybridized carbons (Fsp3) is 0.350. The minimum atomic E-state index is -0.272. The summed E-state index contributed by atoms with van der Waals surface area (Å²) in [6, 6.07) is 5.58. The number of aromatic nitrogens is 3. The Kier molecular flexibility index (Phi) is 5.09. The molecule has 1 N–H and O–H groups in total. The highest BCUT2D eigenvalue weighted by molar-refractivity contribution is 6.32. The molecule has 0 aliphatic heterocycles. The summed E-state index contributed by atoms with van der Waals surface area (Å²) < 4.78 is 12.2. The van der Waals surface area contributed by atoms with Crippen molar-refractivity contribution in [2.24, 2.45) is 5.92 Å². The molecule has 28 heavy (non-hydrogen) atoms. The zero-order valence-electron chi connectivity index (χ0n) is 15.7. The number of carbonyl (C=O) groups is 1. The Balaban J connectivity index is 1.44. The van der Waals surface area contributed by atoms with Gasteiger partial charge < -0.3 is 14.6 Å². The van der Waals surface area contributed by atoms with Gasteiger partial charge in [0.05, 0.1) is 30.6 Å². The van der Waals surface area contributed by atoms with Gasteiger partial charge in [-0.05, 0) is 36.5 Å². The highest BCUT2D eigenvalue weighted by atomic mass is 35.5. The average Bonchev–Trinajstić information content (AvgIpc) is 3.28. The van der Waals surface area contributed by atoms with E-state index in [0.29, 0.717) is 34.6 Å². The summed E-state index contributed by atoms with van der Waals surface area (Å²) >= 11 is 6.17. The van der Waals surface area contributed by atoms with E-state index in [2.05, 4.69) is 22.5 Å². The number of carbonyl (C=O) groups excluding carboxylic acids is 1. The fourth-order valence-electron chi connectivity index (χ4n) is 3.46. The first-order valence-electron chi connectivity index (χ1n) is 9.17. The number of ether oxygens (including phenoxy) is 1. The number of nitrogens with one attached hydrogen (secondary N) is 1. The van der Waals surface area contributed by atoms with E-state index in [1.54, 1.807) is 24.2 Å². The molecule has 7 nitrogen and oxygen atoms in total. The molecular formula is C20H21ClN4O3. The van der Waals surface area contributed by atoms with E-state index < -0.39 is 0 Å². The lowest BCUT2D eigenvalue weighted by Crippen LogP contribution is -2.17. The quantitative estimate of drug-likeness (QED) is 0.701. The number of hydrogen-bond acceptors (Lipinski definition) is 5. The van der Waals surface area contributed by atoms with Crippen molar-refractivity contribution in [1.29, 1.82) is 0 Å². The molecule has 1 aliphatic rings. The molecule has 0 radical (unpaired) electrons. The number of aryl methyl sites for hydroxylation is 1. The molecule has 0 saturated carbocycles. The van der Waals surface area contributed by atoms with Crippen LogP contribution in [0.3, 0.4) is 0 Å². The number of halogens is 1. The Morgan fingerprint density at radius 3 is 3.11 bits per heavy atom. The van der Waals surface area contributed by atoms with Gasteiger partial charge in [0.2, 0.25) is 0 Å². The van der Waals surface area contributed by atoms with E-state index in [-0.39, 0.29) is 5.91 Å². The maximum atomic E-state index is 12.6. The number of rotatable bonds is 5. The number of hydrogen-bond donors (Lipinski definition) is 1. The van der Waals surface area contributed by atoms with Gasteiger partial charge >= 0.3 is 0 Å². The van der Waals surface area contributed by atoms with Crippen LogP contribution in [0.15, 0.2) is 35.1 Å². The molecule has 2 heterocycles. The first-order chi connectivity index (χ1) is 13.5. The summed E-state index contributed by atoms with van der Waals surface area (Å²) in [5.74, 6) is 1.71. The van der Waals surface area contributed by atoms with E-state index in [1.807, 2.05) is 18.2 Å². The van der Waals surface area contributed by atoms with Crippen molar-refractivity contribution in [3.05, 3.63) is 58.2 Å². The lowest BCUT2D eigenvalue weighted by Gasteiger charge is -2.16. The summed E-state index contributed by atoms with van der Waals surface area (Å²) in [6.45, 7) is 2.70. The van der Waals surface area contributed by atoms with Crippen molar-refractivity contribution in [2.75, 3.05) is 12.4 Å². The normalized spacial score (nSPS) is 15.9. The molecule has 0 saturated heterocycles. The lowest BCUT2D eigenvalue weighted by molar-refractivity contribution is 0.101. The number of amides is 1. The second-order valence-electron chi connectivity index (χ2n) is 7.13. The predicted octanol–water partition coefficient (Wildman–Crippen LogP) is 3.96. The van der Waals surface area contributed by atoms with Gasteiger partial charge in [-0.1, -0.05) is 29.7 Å². The minimum absolute atomic E-state index is 0.272. The molecular weight excluding hydrogens is 380 g/mol. The predicted molar refractivity (Wildman–Crippen MR) is 105 cm³/mol. The highest BCUT2D eigenvalue weighted by Gasteiger charge is 2.27. The van der Waals surface area contributed by atoms with Crippen LogP contribution < -0.4 is 10.1 Å². The van der Waals surface area contributed by atoms with Gasteiger partial charge in [-0.25, -0.2) is 0 Å². The molecule has 2 aromatic heterocycles. The minimum Gasteiger partial charge on any atom is -0.495 e. The van der Waals surface area contributed by atoms with Crippen LogP contribution in [0.25, 0.3) is 0 Å². The van der Waals surface area contributed by atoms with E-state index >= 15 is 0 Å². The molecule has 146 valence electrons. The molecule has 8 heteroatoms. The van der Waals surface area contributed by atoms with E-state index in [1.165, 1.54) is 0 Å². The molecule has 0 bridgehead atoms. The average molecular weight is 401 g/mol. The van der Waals surface area contributed by atoms with E-state index in [0.717, 1.165) is 36.1 Å². The van der Waals surface area contributed by atoms with Crippen molar-refractivity contribution in [1.82, 2.24) is 14.9 Å². The van der Waals surface area contributed by atoms with Crippen LogP contribution in [0, 0.1) is 5.92 Å². The monoisotopic (exact) mass is 400 g/mol. The van der Waals surface area contributed by atoms with Gasteiger partial charge in [0, 0.05) is 18.2 Å². The zero-order valence-corrected chi connectivity index (χ0v) is 16.5. The van der Waals surface area contributed by atoms with E-state index in [9.17, 15) is 4.79 Å². The van der Waals surface area contributed by atoms with Gasteiger partial charge in [0.25, 0.3) is 5.91 Å². The molecule has 0 fully saturated rings. The van der Waals surface area contributed by atoms with Gasteiger partial charge in [-0.3, -0.25) is 9.48 Å². The van der Waals surface area contributed by atoms with Crippen molar-refractivity contribution in [3.8, 4) is 5.75 Å². The Labute approximate surface area is 167 Å². The molecule has 1 aliphatic carbocycles. The smallest absolute Gasteiger partial charge is 0.278 e. The lowest BCUT2D eigenvalue weighted by atomic mass is 9.88. The maximum Gasteiger partial charge on any atom is 0.278 e. The largest absolute Gasteiger partial charge is 0.495 e. The number of methoxy groups -OCH3 is 1. The molecule has 1 unspecified atom stereocenters. The zero-order chi connectivity index (χ0) is 19.7. The van der Waals surface area contributed by atoms with E-state index in [4.69, 9.17) is 20.9 Å². The Hall–Kier alpha value is -2.80. The first kappa shape index (κ1) is 18.6. The third kappa shape index (κ3) is 3.75. The number of anilines is 1. The van der Waals surface area contributed by atoms with Crippen LogP contribution in [0.1, 0.15) is 40.7 Å². The molecule has 4 rings (SSSR count). The summed E-state index contributed by atoms with van der Waals surface area (Å²) in [5.41, 5.74) is 2.88. The topological polar surface area (TPSA) is 82.2 Å². The second-order valence-corrected chi connectivity index (χ2v) is 7.54. The van der Waals surface area contributed by atoms with Crippen LogP contribution in [-0.2, 0) is 19.4 Å². The Morgan fingerprint density at radius 2 is 2.32 bits per heavy atom. The molecule has 0 spiro atoms. The fourth-order valence-corrected chi connectivity index (χ4v) is 3.74. The van der Waals surface area contributed by atoms with Gasteiger partial charge in [-0.15, -0.1) is 0 Å². The summed E-state index contributed by atoms with van der Waals surface area (Å²) in [4.78, 5) is 12.6. The highest BCUT2D eigenvalue weighted by Crippen LogP contribution is 2.28. The number of fused-ring (bicyclic) bond motifs is 1. The molecule has 3 aromatic rings. The molecule has 1 aromatic carbocycles. The summed E-state index contributed by atoms with van der Waals surface area (Å²) in [7, 11) is 1.58. The summed E-state index contributed by atoms with van der Waals surface area (Å²) in [6.07, 6.45) is 6.09. The number of nitrogens with zero attached hydrogens (tertiary/aromatic N) is 3. The third-order valence-corrected chi connectivity index (χ3v) is 5.25. The SMILES string of the molecule is COc1ccc(Cn2cc(NC(=O)c3noc4c3CC(C)CC4)cn2)cc1Cl. The standard InChI is InChI=1S/C20H21ClN4O3/c1-12-3-5-17-15(7-12)19(24-28-17)20(26)23-14-9-22-25(11-14)10-13-4-6-18(27-2)16(21)8-13/h4,6,8-9,11-12H,3,5,7,10H2,1-2H3,(H,23,26). The van der Waals surface area contributed by atoms with Crippen LogP contribution in [0.4, 0.5) is 5.69 Å². The maximum absolute atomic E-state index is 12.6. The summed E-state index contributed by atoms with van der Waals surface area (Å²) in [5, 5.41) is 11.7. The number of benzene rings is 1. The van der Waals surface area contributed by atoms with Gasteiger partial charge in [0.15, 0.2) is 5.69 Å². The Bertz CT molecular complexity index is 1010. The molecule has 1 amide bonds. The van der Waals surface area contributed by atoms with Crippen molar-refractivity contribution in [3.63, 3.8) is 0 Å². The van der Waals surface area contributed by atoms with Crippen molar-refractivity contribution < 1.29 is 14.1 Å². The first-order valence-corrected chi connectivity index (χ1v) is 9.55. The van der Waals surface area contributed by atoms with Gasteiger partial charge in [-0.2, -0.15) is 5.10 Å². The van der Waals surface area contributed by atoms with Crippen LogP contribution >= 0.6 is 11.6 Å². The van der Waals surface area contributed by atoms with Crippen molar-refractivity contribution in [2.45, 2.75) is 32.7 Å². The second kappa shape index (κ2) is 7.67. The Morgan fingerprint density at radius 1 is 1.46 bits per heavy atom. The van der Waals surface area contributed by atoms with Gasteiger partial charge in [0.1, 0.15) is 11.5 Å².